The van der Waals surface area contributed by atoms with Gasteiger partial charge >= 0.3 is 5.97 Å². The third-order valence-electron chi connectivity index (χ3n) is 3.52. The highest BCUT2D eigenvalue weighted by Gasteiger charge is 2.23. The lowest BCUT2D eigenvalue weighted by Crippen LogP contribution is -2.32. The fourth-order valence-electron chi connectivity index (χ4n) is 2.18. The molecule has 0 fully saturated rings. The van der Waals surface area contributed by atoms with Gasteiger partial charge in [0.25, 0.3) is 5.91 Å². The summed E-state index contributed by atoms with van der Waals surface area (Å²) in [5, 5.41) is 12.0. The van der Waals surface area contributed by atoms with Gasteiger partial charge in [0.1, 0.15) is 5.75 Å². The van der Waals surface area contributed by atoms with E-state index in [0.717, 1.165) is 5.56 Å². The van der Waals surface area contributed by atoms with Gasteiger partial charge in [0, 0.05) is 18.0 Å². The number of nitrogens with one attached hydrogen (secondary N) is 1. The molecule has 0 aliphatic rings. The van der Waals surface area contributed by atoms with Crippen LogP contribution in [0.4, 0.5) is 0 Å². The van der Waals surface area contributed by atoms with E-state index in [0.29, 0.717) is 17.9 Å². The normalized spacial score (nSPS) is 11.8. The van der Waals surface area contributed by atoms with Crippen molar-refractivity contribution < 1.29 is 19.4 Å². The zero-order chi connectivity index (χ0) is 17.5. The van der Waals surface area contributed by atoms with Gasteiger partial charge in [0.15, 0.2) is 6.10 Å². The molecule has 0 saturated heterocycles. The Morgan fingerprint density at radius 2 is 1.67 bits per heavy atom. The molecular formula is C19H21NO4. The summed E-state index contributed by atoms with van der Waals surface area (Å²) in [7, 11) is 0. The van der Waals surface area contributed by atoms with Crippen LogP contribution in [-0.4, -0.2) is 23.1 Å². The molecule has 0 aliphatic heterocycles. The van der Waals surface area contributed by atoms with Gasteiger partial charge in [-0.15, -0.1) is 0 Å². The monoisotopic (exact) mass is 327 g/mol. The Morgan fingerprint density at radius 3 is 2.21 bits per heavy atom. The Bertz CT molecular complexity index is 680. The van der Waals surface area contributed by atoms with Crippen LogP contribution in [0, 0.1) is 5.92 Å². The van der Waals surface area contributed by atoms with Gasteiger partial charge in [-0.3, -0.25) is 4.79 Å². The largest absolute Gasteiger partial charge is 0.478 e. The van der Waals surface area contributed by atoms with E-state index < -0.39 is 12.1 Å². The summed E-state index contributed by atoms with van der Waals surface area (Å²) in [6.07, 6.45) is -0.914. The third kappa shape index (κ3) is 4.84. The summed E-state index contributed by atoms with van der Waals surface area (Å²) >= 11 is 0. The van der Waals surface area contributed by atoms with Crippen molar-refractivity contribution in [2.45, 2.75) is 26.5 Å². The number of amides is 1. The maximum Gasteiger partial charge on any atom is 0.345 e. The second kappa shape index (κ2) is 8.15. The first-order valence-electron chi connectivity index (χ1n) is 7.79. The number of rotatable bonds is 7. The molecule has 1 unspecified atom stereocenters. The first-order chi connectivity index (χ1) is 11.5. The summed E-state index contributed by atoms with van der Waals surface area (Å²) in [6, 6.07) is 16.1. The number of carboxylic acids is 1. The van der Waals surface area contributed by atoms with Crippen LogP contribution in [0.5, 0.6) is 5.75 Å². The minimum Gasteiger partial charge on any atom is -0.478 e. The van der Waals surface area contributed by atoms with E-state index >= 15 is 0 Å². The lowest BCUT2D eigenvalue weighted by molar-refractivity contribution is -0.147. The Labute approximate surface area is 141 Å². The molecule has 5 nitrogen and oxygen atoms in total. The van der Waals surface area contributed by atoms with E-state index in [4.69, 9.17) is 9.84 Å². The van der Waals surface area contributed by atoms with Crippen molar-refractivity contribution in [3.63, 3.8) is 0 Å². The number of hydrogen-bond donors (Lipinski definition) is 2. The van der Waals surface area contributed by atoms with Gasteiger partial charge in [-0.25, -0.2) is 4.79 Å². The summed E-state index contributed by atoms with van der Waals surface area (Å²) in [4.78, 5) is 23.3. The highest BCUT2D eigenvalue weighted by atomic mass is 16.5. The molecule has 2 aromatic rings. The molecule has 0 heterocycles. The number of carbonyl (C=O) groups excluding carboxylic acids is 1. The van der Waals surface area contributed by atoms with Crippen molar-refractivity contribution in [3.05, 3.63) is 65.7 Å². The fraction of sp³-hybridized carbons (Fsp3) is 0.263. The lowest BCUT2D eigenvalue weighted by Gasteiger charge is -2.18. The molecule has 0 saturated carbocycles. The minimum absolute atomic E-state index is 0.156. The van der Waals surface area contributed by atoms with Crippen molar-refractivity contribution in [2.24, 2.45) is 5.92 Å². The number of hydrogen-bond acceptors (Lipinski definition) is 3. The number of aliphatic carboxylic acids is 1. The van der Waals surface area contributed by atoms with E-state index in [1.165, 1.54) is 0 Å². The summed E-state index contributed by atoms with van der Waals surface area (Å²) in [5.41, 5.74) is 1.52. The van der Waals surface area contributed by atoms with E-state index in [-0.39, 0.29) is 11.8 Å². The van der Waals surface area contributed by atoms with Gasteiger partial charge in [0.05, 0.1) is 0 Å². The van der Waals surface area contributed by atoms with Crippen LogP contribution in [0.3, 0.4) is 0 Å². The Kier molecular flexibility index (Phi) is 5.95. The zero-order valence-corrected chi connectivity index (χ0v) is 13.7. The highest BCUT2D eigenvalue weighted by molar-refractivity contribution is 5.94. The Hall–Kier alpha value is -2.82. The molecule has 24 heavy (non-hydrogen) atoms. The van der Waals surface area contributed by atoms with E-state index in [1.807, 2.05) is 30.3 Å². The molecule has 0 radical (unpaired) electrons. The summed E-state index contributed by atoms with van der Waals surface area (Å²) in [6.45, 7) is 4.01. The predicted octanol–water partition coefficient (Wildman–Crippen LogP) is 3.10. The average Bonchev–Trinajstić information content (AvgIpc) is 2.58. The van der Waals surface area contributed by atoms with Crippen LogP contribution in [-0.2, 0) is 11.3 Å². The van der Waals surface area contributed by atoms with Gasteiger partial charge in [0.2, 0.25) is 0 Å². The maximum atomic E-state index is 12.1. The molecule has 2 aromatic carbocycles. The van der Waals surface area contributed by atoms with Gasteiger partial charge in [-0.05, 0) is 29.8 Å². The molecule has 0 aliphatic carbocycles. The van der Waals surface area contributed by atoms with Crippen LogP contribution in [0.2, 0.25) is 0 Å². The lowest BCUT2D eigenvalue weighted by atomic mass is 10.1. The summed E-state index contributed by atoms with van der Waals surface area (Å²) in [5.74, 6) is -0.925. The Morgan fingerprint density at radius 1 is 1.04 bits per heavy atom. The zero-order valence-electron chi connectivity index (χ0n) is 13.7. The van der Waals surface area contributed by atoms with Crippen molar-refractivity contribution in [3.8, 4) is 5.75 Å². The predicted molar refractivity (Wildman–Crippen MR) is 90.9 cm³/mol. The molecule has 2 N–H and O–H groups in total. The molecule has 5 heteroatoms. The van der Waals surface area contributed by atoms with Crippen LogP contribution in [0.15, 0.2) is 54.6 Å². The molecule has 126 valence electrons. The highest BCUT2D eigenvalue weighted by Crippen LogP contribution is 2.17. The van der Waals surface area contributed by atoms with Crippen LogP contribution >= 0.6 is 0 Å². The molecule has 1 amide bonds. The van der Waals surface area contributed by atoms with E-state index in [9.17, 15) is 9.59 Å². The topological polar surface area (TPSA) is 75.6 Å². The van der Waals surface area contributed by atoms with Gasteiger partial charge in [-0.2, -0.15) is 0 Å². The smallest absolute Gasteiger partial charge is 0.345 e. The maximum absolute atomic E-state index is 12.1. The third-order valence-corrected chi connectivity index (χ3v) is 3.52. The molecule has 0 aromatic heterocycles. The van der Waals surface area contributed by atoms with Crippen molar-refractivity contribution in [1.29, 1.82) is 0 Å². The summed E-state index contributed by atoms with van der Waals surface area (Å²) < 4.78 is 5.47. The molecule has 1 atom stereocenters. The number of benzene rings is 2. The van der Waals surface area contributed by atoms with Crippen molar-refractivity contribution in [2.75, 3.05) is 0 Å². The van der Waals surface area contributed by atoms with E-state index in [1.54, 1.807) is 38.1 Å². The average molecular weight is 327 g/mol. The molecular weight excluding hydrogens is 306 g/mol. The first kappa shape index (κ1) is 17.5. The van der Waals surface area contributed by atoms with Gasteiger partial charge in [-0.1, -0.05) is 44.2 Å². The molecule has 2 rings (SSSR count). The van der Waals surface area contributed by atoms with Crippen molar-refractivity contribution in [1.82, 2.24) is 5.32 Å². The minimum atomic E-state index is -1.00. The standard InChI is InChI=1S/C19H21NO4/c1-13(2)17(19(22)23)24-16-10-8-15(9-11-16)18(21)20-12-14-6-4-3-5-7-14/h3-11,13,17H,12H2,1-2H3,(H,20,21)(H,22,23). The van der Waals surface area contributed by atoms with Crippen LogP contribution in [0.1, 0.15) is 29.8 Å². The van der Waals surface area contributed by atoms with Crippen LogP contribution < -0.4 is 10.1 Å². The van der Waals surface area contributed by atoms with Crippen molar-refractivity contribution >= 4 is 11.9 Å². The van der Waals surface area contributed by atoms with E-state index in [2.05, 4.69) is 5.32 Å². The first-order valence-corrected chi connectivity index (χ1v) is 7.79. The SMILES string of the molecule is CC(C)C(Oc1ccc(C(=O)NCc2ccccc2)cc1)C(=O)O. The fourth-order valence-corrected chi connectivity index (χ4v) is 2.18. The number of carbonyl (C=O) groups is 2. The number of carboxylic acid groups (broad SMARTS) is 1. The molecule has 0 spiro atoms. The van der Waals surface area contributed by atoms with Crippen LogP contribution in [0.25, 0.3) is 0 Å². The second-order valence-corrected chi connectivity index (χ2v) is 5.81. The van der Waals surface area contributed by atoms with Gasteiger partial charge < -0.3 is 15.2 Å². The second-order valence-electron chi connectivity index (χ2n) is 5.81. The Balaban J connectivity index is 1.95. The molecule has 0 bridgehead atoms. The number of ether oxygens (including phenoxy) is 1. The quantitative estimate of drug-likeness (QED) is 0.819.